The summed E-state index contributed by atoms with van der Waals surface area (Å²) in [5.74, 6) is 0.716. The van der Waals surface area contributed by atoms with Crippen LogP contribution in [0.3, 0.4) is 0 Å². The second kappa shape index (κ2) is 6.31. The lowest BCUT2D eigenvalue weighted by molar-refractivity contribution is 0.0956. The molecular weight excluding hydrogens is 198 g/mol. The maximum absolute atomic E-state index is 11.5. The topological polar surface area (TPSA) is 29.1 Å². The van der Waals surface area contributed by atoms with E-state index < -0.39 is 0 Å². The van der Waals surface area contributed by atoms with Gasteiger partial charge < -0.3 is 5.32 Å². The molecule has 0 aliphatic carbocycles. The van der Waals surface area contributed by atoms with Crippen molar-refractivity contribution in [2.24, 2.45) is 5.92 Å². The number of hydrogen-bond donors (Lipinski definition) is 1. The molecule has 0 saturated carbocycles. The summed E-state index contributed by atoms with van der Waals surface area (Å²) in [5, 5.41) is 2.79. The summed E-state index contributed by atoms with van der Waals surface area (Å²) >= 11 is 0. The predicted molar refractivity (Wildman–Crippen MR) is 67.6 cm³/mol. The van der Waals surface area contributed by atoms with Gasteiger partial charge in [0.05, 0.1) is 0 Å². The number of rotatable bonds is 5. The molecule has 88 valence electrons. The Kier molecular flexibility index (Phi) is 5.03. The summed E-state index contributed by atoms with van der Waals surface area (Å²) in [6, 6.07) is 7.92. The van der Waals surface area contributed by atoms with Gasteiger partial charge in [-0.1, -0.05) is 32.4 Å². The molecule has 1 aromatic rings. The average Bonchev–Trinajstić information content (AvgIpc) is 2.30. The fraction of sp³-hybridized carbons (Fsp3) is 0.500. The highest BCUT2D eigenvalue weighted by atomic mass is 16.1. The van der Waals surface area contributed by atoms with Gasteiger partial charge in [0.15, 0.2) is 0 Å². The number of amides is 1. The predicted octanol–water partition coefficient (Wildman–Crippen LogP) is 3.02. The van der Waals surface area contributed by atoms with Crippen molar-refractivity contribution in [1.82, 2.24) is 5.32 Å². The first kappa shape index (κ1) is 12.8. The zero-order valence-corrected chi connectivity index (χ0v) is 10.4. The van der Waals surface area contributed by atoms with Crippen LogP contribution >= 0.6 is 0 Å². The minimum Gasteiger partial charge on any atom is -0.352 e. The molecule has 0 bridgehead atoms. The van der Waals surface area contributed by atoms with Crippen molar-refractivity contribution in [3.63, 3.8) is 0 Å². The molecule has 1 amide bonds. The number of carbonyl (C=O) groups is 1. The summed E-state index contributed by atoms with van der Waals surface area (Å²) in [6.07, 6.45) is 2.28. The van der Waals surface area contributed by atoms with Gasteiger partial charge in [-0.2, -0.15) is 0 Å². The molecule has 16 heavy (non-hydrogen) atoms. The van der Waals surface area contributed by atoms with Crippen LogP contribution in [0.1, 0.15) is 43.1 Å². The summed E-state index contributed by atoms with van der Waals surface area (Å²) < 4.78 is 0. The molecule has 2 heteroatoms. The molecular formula is C14H21NO. The zero-order chi connectivity index (χ0) is 12.0. The van der Waals surface area contributed by atoms with E-state index in [1.807, 2.05) is 19.1 Å². The van der Waals surface area contributed by atoms with E-state index in [2.05, 4.69) is 31.3 Å². The van der Waals surface area contributed by atoms with Crippen LogP contribution < -0.4 is 5.32 Å². The molecule has 1 aromatic carbocycles. The largest absolute Gasteiger partial charge is 0.352 e. The number of carbonyl (C=O) groups excluding carboxylic acids is 1. The minimum absolute atomic E-state index is 0.0117. The summed E-state index contributed by atoms with van der Waals surface area (Å²) in [4.78, 5) is 11.5. The van der Waals surface area contributed by atoms with Crippen LogP contribution in [-0.4, -0.2) is 12.5 Å². The Morgan fingerprint density at radius 1 is 1.25 bits per heavy atom. The highest BCUT2D eigenvalue weighted by Crippen LogP contribution is 2.12. The zero-order valence-electron chi connectivity index (χ0n) is 10.4. The monoisotopic (exact) mass is 219 g/mol. The van der Waals surface area contributed by atoms with Crippen molar-refractivity contribution in [2.45, 2.75) is 33.6 Å². The van der Waals surface area contributed by atoms with E-state index in [9.17, 15) is 4.79 Å². The van der Waals surface area contributed by atoms with Gasteiger partial charge in [0.2, 0.25) is 0 Å². The van der Waals surface area contributed by atoms with Crippen LogP contribution in [-0.2, 0) is 6.42 Å². The third-order valence-corrected chi connectivity index (χ3v) is 2.83. The third-order valence-electron chi connectivity index (χ3n) is 2.83. The molecule has 0 radical (unpaired) electrons. The molecule has 1 N–H and O–H groups in total. The van der Waals surface area contributed by atoms with Gasteiger partial charge in [-0.15, -0.1) is 0 Å². The molecule has 0 aliphatic heterocycles. The maximum atomic E-state index is 11.5. The molecule has 1 unspecified atom stereocenters. The minimum atomic E-state index is 0.0117. The molecule has 2 nitrogen and oxygen atoms in total. The molecule has 1 rings (SSSR count). The first-order chi connectivity index (χ1) is 7.67. The smallest absolute Gasteiger partial charge is 0.251 e. The van der Waals surface area contributed by atoms with Crippen molar-refractivity contribution < 1.29 is 4.79 Å². The lowest BCUT2D eigenvalue weighted by atomic mass is 9.98. The van der Waals surface area contributed by atoms with Crippen LogP contribution in [0.2, 0.25) is 0 Å². The first-order valence-electron chi connectivity index (χ1n) is 6.04. The fourth-order valence-corrected chi connectivity index (χ4v) is 1.60. The quantitative estimate of drug-likeness (QED) is 0.810. The van der Waals surface area contributed by atoms with E-state index in [0.717, 1.165) is 12.0 Å². The second-order valence-electron chi connectivity index (χ2n) is 4.27. The lowest BCUT2D eigenvalue weighted by Crippen LogP contribution is -2.22. The van der Waals surface area contributed by atoms with E-state index in [1.165, 1.54) is 12.0 Å². The van der Waals surface area contributed by atoms with Gasteiger partial charge in [0, 0.05) is 12.1 Å². The SMILES string of the molecule is CCNC(=O)c1ccc(CC(C)CC)cc1. The van der Waals surface area contributed by atoms with Crippen molar-refractivity contribution in [2.75, 3.05) is 6.54 Å². The third kappa shape index (κ3) is 3.69. The van der Waals surface area contributed by atoms with Crippen molar-refractivity contribution >= 4 is 5.91 Å². The van der Waals surface area contributed by atoms with Crippen LogP contribution in [0.15, 0.2) is 24.3 Å². The number of hydrogen-bond acceptors (Lipinski definition) is 1. The van der Waals surface area contributed by atoms with Crippen molar-refractivity contribution in [1.29, 1.82) is 0 Å². The van der Waals surface area contributed by atoms with Crippen LogP contribution in [0.5, 0.6) is 0 Å². The summed E-state index contributed by atoms with van der Waals surface area (Å²) in [7, 11) is 0. The number of nitrogens with one attached hydrogen (secondary N) is 1. The Morgan fingerprint density at radius 3 is 2.38 bits per heavy atom. The van der Waals surface area contributed by atoms with Crippen LogP contribution in [0.4, 0.5) is 0 Å². The van der Waals surface area contributed by atoms with Gasteiger partial charge in [-0.3, -0.25) is 4.79 Å². The molecule has 1 atom stereocenters. The van der Waals surface area contributed by atoms with Gasteiger partial charge in [-0.25, -0.2) is 0 Å². The molecule has 0 aromatic heterocycles. The van der Waals surface area contributed by atoms with E-state index in [-0.39, 0.29) is 5.91 Å². The molecule has 0 aliphatic rings. The highest BCUT2D eigenvalue weighted by Gasteiger charge is 2.05. The van der Waals surface area contributed by atoms with E-state index in [4.69, 9.17) is 0 Å². The standard InChI is InChI=1S/C14H21NO/c1-4-11(3)10-12-6-8-13(9-7-12)14(16)15-5-2/h6-9,11H,4-5,10H2,1-3H3,(H,15,16). The van der Waals surface area contributed by atoms with E-state index in [1.54, 1.807) is 0 Å². The normalized spacial score (nSPS) is 12.2. The lowest BCUT2D eigenvalue weighted by Gasteiger charge is -2.08. The summed E-state index contributed by atoms with van der Waals surface area (Å²) in [5.41, 5.74) is 2.05. The summed E-state index contributed by atoms with van der Waals surface area (Å²) in [6.45, 7) is 7.05. The Balaban J connectivity index is 2.64. The Hall–Kier alpha value is -1.31. The van der Waals surface area contributed by atoms with E-state index >= 15 is 0 Å². The average molecular weight is 219 g/mol. The van der Waals surface area contributed by atoms with Crippen molar-refractivity contribution in [3.8, 4) is 0 Å². The van der Waals surface area contributed by atoms with E-state index in [0.29, 0.717) is 12.5 Å². The van der Waals surface area contributed by atoms with Crippen LogP contribution in [0.25, 0.3) is 0 Å². The maximum Gasteiger partial charge on any atom is 0.251 e. The molecule has 0 spiro atoms. The first-order valence-corrected chi connectivity index (χ1v) is 6.04. The second-order valence-corrected chi connectivity index (χ2v) is 4.27. The van der Waals surface area contributed by atoms with Crippen molar-refractivity contribution in [3.05, 3.63) is 35.4 Å². The Morgan fingerprint density at radius 2 is 1.88 bits per heavy atom. The fourth-order valence-electron chi connectivity index (χ4n) is 1.60. The van der Waals surface area contributed by atoms with Gasteiger partial charge in [0.25, 0.3) is 5.91 Å². The highest BCUT2D eigenvalue weighted by molar-refractivity contribution is 5.94. The molecule has 0 fully saturated rings. The Bertz CT molecular complexity index is 329. The van der Waals surface area contributed by atoms with Gasteiger partial charge >= 0.3 is 0 Å². The van der Waals surface area contributed by atoms with Gasteiger partial charge in [-0.05, 0) is 37.0 Å². The Labute approximate surface area is 98.1 Å². The molecule has 0 heterocycles. The van der Waals surface area contributed by atoms with Crippen LogP contribution in [0, 0.1) is 5.92 Å². The number of benzene rings is 1. The molecule has 0 saturated heterocycles. The van der Waals surface area contributed by atoms with Gasteiger partial charge in [0.1, 0.15) is 0 Å².